The van der Waals surface area contributed by atoms with Gasteiger partial charge in [-0.1, -0.05) is 0 Å². The number of aromatic amines is 1. The van der Waals surface area contributed by atoms with Gasteiger partial charge in [-0.25, -0.2) is 9.18 Å². The van der Waals surface area contributed by atoms with E-state index in [1.165, 1.54) is 32.7 Å². The number of nitrogens with one attached hydrogen (secondary N) is 3. The third-order valence-corrected chi connectivity index (χ3v) is 2.48. The van der Waals surface area contributed by atoms with Gasteiger partial charge in [0.15, 0.2) is 17.3 Å². The number of halogens is 1. The summed E-state index contributed by atoms with van der Waals surface area (Å²) in [4.78, 5) is 11.7. The monoisotopic (exact) mass is 280 g/mol. The molecule has 0 aliphatic heterocycles. The number of methoxy groups -OCH3 is 2. The molecule has 0 aliphatic carbocycles. The van der Waals surface area contributed by atoms with Crippen molar-refractivity contribution in [1.82, 2.24) is 10.2 Å². The standard InChI is InChI=1S/C12H13FN4O3/c1-19-10-3-8(13)9(4-11(10)20-2)17-12(18)16-7-5-14-15-6-7/h3-6H,1-2H3,(H,14,15)(H2,16,17,18). The molecule has 0 saturated carbocycles. The molecule has 0 saturated heterocycles. The van der Waals surface area contributed by atoms with E-state index >= 15 is 0 Å². The SMILES string of the molecule is COc1cc(F)c(NC(=O)Nc2cn[nH]c2)cc1OC. The maximum absolute atomic E-state index is 13.8. The molecule has 0 radical (unpaired) electrons. The van der Waals surface area contributed by atoms with Gasteiger partial charge in [-0.2, -0.15) is 5.10 Å². The summed E-state index contributed by atoms with van der Waals surface area (Å²) in [7, 11) is 2.82. The number of H-pyrrole nitrogens is 1. The number of hydrogen-bond donors (Lipinski definition) is 3. The van der Waals surface area contributed by atoms with Gasteiger partial charge in [0.05, 0.1) is 31.8 Å². The Morgan fingerprint density at radius 2 is 1.95 bits per heavy atom. The highest BCUT2D eigenvalue weighted by molar-refractivity contribution is 5.99. The van der Waals surface area contributed by atoms with Crippen LogP contribution < -0.4 is 20.1 Å². The van der Waals surface area contributed by atoms with Crippen LogP contribution in [0.5, 0.6) is 11.5 Å². The molecule has 20 heavy (non-hydrogen) atoms. The third-order valence-electron chi connectivity index (χ3n) is 2.48. The molecule has 3 N–H and O–H groups in total. The van der Waals surface area contributed by atoms with Gasteiger partial charge in [0.2, 0.25) is 0 Å². The number of nitrogens with zero attached hydrogens (tertiary/aromatic N) is 1. The summed E-state index contributed by atoms with van der Waals surface area (Å²) in [6.07, 6.45) is 2.91. The fraction of sp³-hybridized carbons (Fsp3) is 0.167. The lowest BCUT2D eigenvalue weighted by Gasteiger charge is -2.12. The van der Waals surface area contributed by atoms with Gasteiger partial charge < -0.3 is 20.1 Å². The molecule has 2 rings (SSSR count). The number of hydrogen-bond acceptors (Lipinski definition) is 4. The summed E-state index contributed by atoms with van der Waals surface area (Å²) in [6, 6.07) is 1.87. The van der Waals surface area contributed by atoms with E-state index in [2.05, 4.69) is 20.8 Å². The van der Waals surface area contributed by atoms with Crippen molar-refractivity contribution in [1.29, 1.82) is 0 Å². The number of anilines is 2. The molecule has 8 heteroatoms. The van der Waals surface area contributed by atoms with Crippen LogP contribution in [-0.2, 0) is 0 Å². The normalized spacial score (nSPS) is 9.95. The topological polar surface area (TPSA) is 88.3 Å². The van der Waals surface area contributed by atoms with Gasteiger partial charge in [0.1, 0.15) is 0 Å². The zero-order valence-electron chi connectivity index (χ0n) is 10.9. The van der Waals surface area contributed by atoms with Crippen LogP contribution >= 0.6 is 0 Å². The molecule has 0 unspecified atom stereocenters. The molecule has 7 nitrogen and oxygen atoms in total. The van der Waals surface area contributed by atoms with Crippen molar-refractivity contribution in [2.75, 3.05) is 24.9 Å². The molecule has 0 fully saturated rings. The van der Waals surface area contributed by atoms with Crippen molar-refractivity contribution < 1.29 is 18.7 Å². The van der Waals surface area contributed by atoms with E-state index in [-0.39, 0.29) is 11.4 Å². The Morgan fingerprint density at radius 1 is 1.25 bits per heavy atom. The lowest BCUT2D eigenvalue weighted by Crippen LogP contribution is -2.19. The van der Waals surface area contributed by atoms with Crippen LogP contribution in [0.25, 0.3) is 0 Å². The van der Waals surface area contributed by atoms with Crippen molar-refractivity contribution >= 4 is 17.4 Å². The Hall–Kier alpha value is -2.77. The molecule has 2 aromatic rings. The van der Waals surface area contributed by atoms with Gasteiger partial charge in [0.25, 0.3) is 0 Å². The van der Waals surface area contributed by atoms with E-state index < -0.39 is 11.8 Å². The van der Waals surface area contributed by atoms with E-state index in [9.17, 15) is 9.18 Å². The molecule has 106 valence electrons. The molecule has 1 aromatic carbocycles. The number of amides is 2. The number of carbonyl (C=O) groups is 1. The molecule has 0 atom stereocenters. The zero-order valence-corrected chi connectivity index (χ0v) is 10.9. The average Bonchev–Trinajstić information content (AvgIpc) is 2.93. The Balaban J connectivity index is 2.14. The van der Waals surface area contributed by atoms with Crippen molar-refractivity contribution in [3.63, 3.8) is 0 Å². The maximum atomic E-state index is 13.8. The molecular weight excluding hydrogens is 267 g/mol. The van der Waals surface area contributed by atoms with E-state index in [1.54, 1.807) is 0 Å². The second kappa shape index (κ2) is 5.91. The van der Waals surface area contributed by atoms with Crippen molar-refractivity contribution in [2.24, 2.45) is 0 Å². The minimum absolute atomic E-state index is 0.0244. The van der Waals surface area contributed by atoms with Crippen LogP contribution in [0.3, 0.4) is 0 Å². The maximum Gasteiger partial charge on any atom is 0.323 e. The highest BCUT2D eigenvalue weighted by atomic mass is 19.1. The van der Waals surface area contributed by atoms with E-state index in [0.717, 1.165) is 6.07 Å². The molecule has 0 bridgehead atoms. The first-order valence-electron chi connectivity index (χ1n) is 5.62. The van der Waals surface area contributed by atoms with Gasteiger partial charge >= 0.3 is 6.03 Å². The van der Waals surface area contributed by atoms with Crippen LogP contribution in [-0.4, -0.2) is 30.4 Å². The summed E-state index contributed by atoms with van der Waals surface area (Å²) < 4.78 is 23.8. The first kappa shape index (κ1) is 13.7. The number of ether oxygens (including phenoxy) is 2. The highest BCUT2D eigenvalue weighted by Crippen LogP contribution is 2.32. The Labute approximate surface area is 114 Å². The second-order valence-electron chi connectivity index (χ2n) is 3.75. The van der Waals surface area contributed by atoms with Crippen LogP contribution in [0.4, 0.5) is 20.6 Å². The number of carbonyl (C=O) groups excluding carboxylic acids is 1. The van der Waals surface area contributed by atoms with Crippen molar-refractivity contribution in [3.8, 4) is 11.5 Å². The van der Waals surface area contributed by atoms with Gasteiger partial charge in [-0.05, 0) is 0 Å². The van der Waals surface area contributed by atoms with Crippen LogP contribution in [0.1, 0.15) is 0 Å². The summed E-state index contributed by atoms with van der Waals surface area (Å²) >= 11 is 0. The van der Waals surface area contributed by atoms with Gasteiger partial charge in [0, 0.05) is 18.3 Å². The van der Waals surface area contributed by atoms with Crippen LogP contribution in [0.2, 0.25) is 0 Å². The van der Waals surface area contributed by atoms with Gasteiger partial charge in [-0.3, -0.25) is 5.10 Å². The number of urea groups is 1. The molecule has 2 amide bonds. The largest absolute Gasteiger partial charge is 0.493 e. The van der Waals surface area contributed by atoms with E-state index in [0.29, 0.717) is 11.4 Å². The van der Waals surface area contributed by atoms with Crippen molar-refractivity contribution in [2.45, 2.75) is 0 Å². The predicted molar refractivity (Wildman–Crippen MR) is 70.7 cm³/mol. The fourth-order valence-corrected chi connectivity index (χ4v) is 1.55. The van der Waals surface area contributed by atoms with Gasteiger partial charge in [-0.15, -0.1) is 0 Å². The van der Waals surface area contributed by atoms with Crippen LogP contribution in [0, 0.1) is 5.82 Å². The molecule has 1 heterocycles. The third kappa shape index (κ3) is 2.97. The molecule has 0 spiro atoms. The number of aromatic nitrogens is 2. The molecule has 1 aromatic heterocycles. The van der Waals surface area contributed by atoms with E-state index in [4.69, 9.17) is 9.47 Å². The van der Waals surface area contributed by atoms with Crippen LogP contribution in [0.15, 0.2) is 24.5 Å². The Bertz CT molecular complexity index is 601. The van der Waals surface area contributed by atoms with E-state index in [1.807, 2.05) is 0 Å². The smallest absolute Gasteiger partial charge is 0.323 e. The first-order valence-corrected chi connectivity index (χ1v) is 5.62. The predicted octanol–water partition coefficient (Wildman–Crippen LogP) is 2.21. The lowest BCUT2D eigenvalue weighted by atomic mass is 10.2. The summed E-state index contributed by atoms with van der Waals surface area (Å²) in [5, 5.41) is 11.1. The molecule has 0 aliphatic rings. The number of rotatable bonds is 4. The Kier molecular flexibility index (Phi) is 4.04. The Morgan fingerprint density at radius 3 is 2.55 bits per heavy atom. The quantitative estimate of drug-likeness (QED) is 0.801. The number of benzene rings is 1. The zero-order chi connectivity index (χ0) is 14.5. The second-order valence-corrected chi connectivity index (χ2v) is 3.75. The van der Waals surface area contributed by atoms with Crippen molar-refractivity contribution in [3.05, 3.63) is 30.3 Å². The first-order chi connectivity index (χ1) is 9.63. The highest BCUT2D eigenvalue weighted by Gasteiger charge is 2.13. The minimum atomic E-state index is -0.634. The molecular formula is C12H13FN4O3. The average molecular weight is 280 g/mol. The fourth-order valence-electron chi connectivity index (χ4n) is 1.55. The summed E-state index contributed by atoms with van der Waals surface area (Å²) in [5.41, 5.74) is 0.437. The minimum Gasteiger partial charge on any atom is -0.493 e. The lowest BCUT2D eigenvalue weighted by molar-refractivity contribution is 0.262. The summed E-state index contributed by atoms with van der Waals surface area (Å²) in [6.45, 7) is 0. The summed E-state index contributed by atoms with van der Waals surface area (Å²) in [5.74, 6) is -0.0803.